The summed E-state index contributed by atoms with van der Waals surface area (Å²) in [6.45, 7) is 1.26. The SMILES string of the molecule is O=C(NCc1nnc2n1CCCC2)C(Cc1ccccc1)n1cnnn1. The molecule has 1 atom stereocenters. The van der Waals surface area contributed by atoms with Crippen molar-refractivity contribution in [1.29, 1.82) is 0 Å². The van der Waals surface area contributed by atoms with E-state index in [1.807, 2.05) is 30.3 Å². The van der Waals surface area contributed by atoms with Gasteiger partial charge in [0.2, 0.25) is 5.91 Å². The maximum absolute atomic E-state index is 12.8. The van der Waals surface area contributed by atoms with Crippen molar-refractivity contribution in [2.45, 2.75) is 44.8 Å². The molecular formula is C17H20N8O. The predicted octanol–water partition coefficient (Wildman–Crippen LogP) is 0.701. The number of tetrazole rings is 1. The minimum atomic E-state index is -0.517. The van der Waals surface area contributed by atoms with E-state index in [9.17, 15) is 4.79 Å². The van der Waals surface area contributed by atoms with Crippen molar-refractivity contribution in [2.24, 2.45) is 0 Å². The summed E-state index contributed by atoms with van der Waals surface area (Å²) in [6, 6.07) is 9.30. The van der Waals surface area contributed by atoms with Crippen molar-refractivity contribution < 1.29 is 4.79 Å². The summed E-state index contributed by atoms with van der Waals surface area (Å²) in [5, 5.41) is 22.6. The highest BCUT2D eigenvalue weighted by Crippen LogP contribution is 2.16. The van der Waals surface area contributed by atoms with Gasteiger partial charge in [-0.25, -0.2) is 4.68 Å². The molecule has 1 amide bonds. The number of carbonyl (C=O) groups is 1. The van der Waals surface area contributed by atoms with Crippen molar-refractivity contribution in [1.82, 2.24) is 40.3 Å². The van der Waals surface area contributed by atoms with Crippen LogP contribution < -0.4 is 5.32 Å². The summed E-state index contributed by atoms with van der Waals surface area (Å²) in [5.41, 5.74) is 1.04. The van der Waals surface area contributed by atoms with Gasteiger partial charge in [-0.15, -0.1) is 15.3 Å². The van der Waals surface area contributed by atoms with Crippen molar-refractivity contribution in [3.8, 4) is 0 Å². The molecular weight excluding hydrogens is 332 g/mol. The van der Waals surface area contributed by atoms with E-state index in [1.54, 1.807) is 0 Å². The average Bonchev–Trinajstić information content (AvgIpc) is 3.35. The molecule has 1 aliphatic heterocycles. The van der Waals surface area contributed by atoms with E-state index in [2.05, 4.69) is 35.6 Å². The summed E-state index contributed by atoms with van der Waals surface area (Å²) in [5.74, 6) is 1.65. The maximum atomic E-state index is 12.8. The Kier molecular flexibility index (Phi) is 4.67. The van der Waals surface area contributed by atoms with E-state index in [4.69, 9.17) is 0 Å². The Labute approximate surface area is 150 Å². The number of fused-ring (bicyclic) bond motifs is 1. The average molecular weight is 352 g/mol. The quantitative estimate of drug-likeness (QED) is 0.700. The molecule has 3 aromatic rings. The summed E-state index contributed by atoms with van der Waals surface area (Å²) >= 11 is 0. The van der Waals surface area contributed by atoms with E-state index in [0.29, 0.717) is 13.0 Å². The number of aryl methyl sites for hydroxylation is 1. The van der Waals surface area contributed by atoms with Gasteiger partial charge in [-0.05, 0) is 28.8 Å². The number of hydrogen-bond acceptors (Lipinski definition) is 6. The first-order chi connectivity index (χ1) is 12.8. The van der Waals surface area contributed by atoms with Gasteiger partial charge in [0, 0.05) is 19.4 Å². The number of rotatable bonds is 6. The molecule has 0 bridgehead atoms. The highest BCUT2D eigenvalue weighted by atomic mass is 16.2. The molecule has 3 heterocycles. The summed E-state index contributed by atoms with van der Waals surface area (Å²) < 4.78 is 3.59. The molecule has 0 spiro atoms. The zero-order valence-electron chi connectivity index (χ0n) is 14.3. The van der Waals surface area contributed by atoms with Crippen LogP contribution in [-0.2, 0) is 30.7 Å². The summed E-state index contributed by atoms with van der Waals surface area (Å²) in [6.07, 6.45) is 5.18. The molecule has 0 fully saturated rings. The lowest BCUT2D eigenvalue weighted by atomic mass is 10.1. The van der Waals surface area contributed by atoms with Gasteiger partial charge in [0.15, 0.2) is 5.82 Å². The third-order valence-corrected chi connectivity index (χ3v) is 4.62. The van der Waals surface area contributed by atoms with Crippen LogP contribution in [0.15, 0.2) is 36.7 Å². The first-order valence-corrected chi connectivity index (χ1v) is 8.76. The number of hydrogen-bond donors (Lipinski definition) is 1. The monoisotopic (exact) mass is 352 g/mol. The largest absolute Gasteiger partial charge is 0.347 e. The number of nitrogens with zero attached hydrogens (tertiary/aromatic N) is 7. The standard InChI is InChI=1S/C17H20N8O/c26-17(18-11-16-21-20-15-8-4-5-9-24(15)16)14(25-12-19-22-23-25)10-13-6-2-1-3-7-13/h1-3,6-7,12,14H,4-5,8-11H2,(H,18,26). The smallest absolute Gasteiger partial charge is 0.245 e. The topological polar surface area (TPSA) is 103 Å². The molecule has 0 radical (unpaired) electrons. The van der Waals surface area contributed by atoms with Crippen LogP contribution in [0.1, 0.15) is 36.1 Å². The van der Waals surface area contributed by atoms with Gasteiger partial charge in [0.1, 0.15) is 18.2 Å². The van der Waals surface area contributed by atoms with E-state index < -0.39 is 6.04 Å². The molecule has 0 saturated carbocycles. The van der Waals surface area contributed by atoms with Gasteiger partial charge in [-0.3, -0.25) is 4.79 Å². The Balaban J connectivity index is 1.47. The Bertz CT molecular complexity index is 858. The minimum Gasteiger partial charge on any atom is -0.347 e. The zero-order valence-corrected chi connectivity index (χ0v) is 14.3. The van der Waals surface area contributed by atoms with Gasteiger partial charge in [-0.1, -0.05) is 30.3 Å². The fourth-order valence-corrected chi connectivity index (χ4v) is 3.24. The molecule has 1 unspecified atom stereocenters. The predicted molar refractivity (Wildman–Crippen MR) is 91.8 cm³/mol. The van der Waals surface area contributed by atoms with Crippen LogP contribution in [0, 0.1) is 0 Å². The van der Waals surface area contributed by atoms with Crippen LogP contribution in [0.25, 0.3) is 0 Å². The zero-order chi connectivity index (χ0) is 17.8. The highest BCUT2D eigenvalue weighted by molar-refractivity contribution is 5.80. The Morgan fingerprint density at radius 2 is 2.08 bits per heavy atom. The molecule has 1 N–H and O–H groups in total. The normalized spacial score (nSPS) is 14.6. The van der Waals surface area contributed by atoms with E-state index >= 15 is 0 Å². The van der Waals surface area contributed by atoms with Gasteiger partial charge in [0.05, 0.1) is 6.54 Å². The number of nitrogens with one attached hydrogen (secondary N) is 1. The molecule has 2 aromatic heterocycles. The Hall–Kier alpha value is -3.10. The van der Waals surface area contributed by atoms with E-state index in [0.717, 1.165) is 43.0 Å². The Morgan fingerprint density at radius 3 is 2.88 bits per heavy atom. The third-order valence-electron chi connectivity index (χ3n) is 4.62. The lowest BCUT2D eigenvalue weighted by molar-refractivity contribution is -0.124. The van der Waals surface area contributed by atoms with Crippen molar-refractivity contribution >= 4 is 5.91 Å². The Morgan fingerprint density at radius 1 is 1.19 bits per heavy atom. The van der Waals surface area contributed by atoms with Gasteiger partial charge in [0.25, 0.3) is 0 Å². The molecule has 4 rings (SSSR count). The minimum absolute atomic E-state index is 0.144. The number of amides is 1. The first-order valence-electron chi connectivity index (χ1n) is 8.76. The number of aromatic nitrogens is 7. The van der Waals surface area contributed by atoms with Crippen LogP contribution in [0.3, 0.4) is 0 Å². The van der Waals surface area contributed by atoms with Crippen LogP contribution >= 0.6 is 0 Å². The second kappa shape index (κ2) is 7.42. The fraction of sp³-hybridized carbons (Fsp3) is 0.412. The second-order valence-corrected chi connectivity index (χ2v) is 6.35. The molecule has 134 valence electrons. The van der Waals surface area contributed by atoms with Crippen molar-refractivity contribution in [3.05, 3.63) is 53.9 Å². The fourth-order valence-electron chi connectivity index (χ4n) is 3.24. The molecule has 9 nitrogen and oxygen atoms in total. The summed E-state index contributed by atoms with van der Waals surface area (Å²) in [4.78, 5) is 12.8. The molecule has 26 heavy (non-hydrogen) atoms. The first kappa shape index (κ1) is 16.4. The summed E-state index contributed by atoms with van der Waals surface area (Å²) in [7, 11) is 0. The van der Waals surface area contributed by atoms with Crippen LogP contribution in [0.4, 0.5) is 0 Å². The molecule has 1 aromatic carbocycles. The van der Waals surface area contributed by atoms with E-state index in [1.165, 1.54) is 11.0 Å². The number of carbonyl (C=O) groups excluding carboxylic acids is 1. The van der Waals surface area contributed by atoms with Crippen molar-refractivity contribution in [2.75, 3.05) is 0 Å². The van der Waals surface area contributed by atoms with Gasteiger partial charge in [-0.2, -0.15) is 0 Å². The van der Waals surface area contributed by atoms with Gasteiger partial charge >= 0.3 is 0 Å². The third kappa shape index (κ3) is 3.46. The molecule has 0 saturated heterocycles. The number of benzene rings is 1. The van der Waals surface area contributed by atoms with Crippen molar-refractivity contribution in [3.63, 3.8) is 0 Å². The maximum Gasteiger partial charge on any atom is 0.245 e. The second-order valence-electron chi connectivity index (χ2n) is 6.35. The van der Waals surface area contributed by atoms with Crippen LogP contribution in [0.2, 0.25) is 0 Å². The van der Waals surface area contributed by atoms with Crippen LogP contribution in [0.5, 0.6) is 0 Å². The highest BCUT2D eigenvalue weighted by Gasteiger charge is 2.23. The molecule has 1 aliphatic rings. The molecule has 9 heteroatoms. The molecule has 0 aliphatic carbocycles. The van der Waals surface area contributed by atoms with Gasteiger partial charge < -0.3 is 9.88 Å². The lowest BCUT2D eigenvalue weighted by Crippen LogP contribution is -2.34. The van der Waals surface area contributed by atoms with Crippen LogP contribution in [-0.4, -0.2) is 40.9 Å². The lowest BCUT2D eigenvalue weighted by Gasteiger charge is -2.18. The van der Waals surface area contributed by atoms with E-state index in [-0.39, 0.29) is 5.91 Å².